The minimum absolute atomic E-state index is 0.291. The van der Waals surface area contributed by atoms with Gasteiger partial charge in [0.05, 0.1) is 6.10 Å². The predicted octanol–water partition coefficient (Wildman–Crippen LogP) is 1.13. The number of hydrogen-bond donors (Lipinski definition) is 1. The van der Waals surface area contributed by atoms with Gasteiger partial charge in [0.25, 0.3) is 0 Å². The van der Waals surface area contributed by atoms with Crippen molar-refractivity contribution in [3.63, 3.8) is 0 Å². The Kier molecular flexibility index (Phi) is 4.78. The Balaban J connectivity index is 2.40. The Morgan fingerprint density at radius 3 is 2.93 bits per heavy atom. The summed E-state index contributed by atoms with van der Waals surface area (Å²) in [6.07, 6.45) is 5.38. The van der Waals surface area contributed by atoms with Crippen LogP contribution in [0.15, 0.2) is 12.2 Å². The molecule has 1 rings (SSSR count). The zero-order chi connectivity index (χ0) is 11.3. The summed E-state index contributed by atoms with van der Waals surface area (Å²) in [7, 11) is 1.73. The lowest BCUT2D eigenvalue weighted by Gasteiger charge is -2.36. The van der Waals surface area contributed by atoms with Gasteiger partial charge in [-0.15, -0.1) is 0 Å². The maximum absolute atomic E-state index is 10.3. The van der Waals surface area contributed by atoms with Crippen LogP contribution in [0.2, 0.25) is 0 Å². The van der Waals surface area contributed by atoms with E-state index in [1.165, 1.54) is 6.08 Å². The number of likely N-dealkylation sites (tertiary alicyclic amines) is 1. The average molecular weight is 213 g/mol. The summed E-state index contributed by atoms with van der Waals surface area (Å²) >= 11 is 0. The molecular weight excluding hydrogens is 194 g/mol. The number of nitrogens with zero attached hydrogens (tertiary/aromatic N) is 1. The molecule has 1 fully saturated rings. The number of aliphatic carboxylic acids is 1. The molecule has 86 valence electrons. The fraction of sp³-hybridized carbons (Fsp3) is 0.727. The summed E-state index contributed by atoms with van der Waals surface area (Å²) in [5.74, 6) is -0.886. The Morgan fingerprint density at radius 2 is 2.33 bits per heavy atom. The highest BCUT2D eigenvalue weighted by Gasteiger charge is 2.23. The lowest BCUT2D eigenvalue weighted by molar-refractivity contribution is -0.131. The zero-order valence-corrected chi connectivity index (χ0v) is 9.35. The highest BCUT2D eigenvalue weighted by molar-refractivity contribution is 5.79. The number of piperidine rings is 1. The summed E-state index contributed by atoms with van der Waals surface area (Å²) in [4.78, 5) is 12.6. The monoisotopic (exact) mass is 213 g/mol. The molecule has 0 bridgehead atoms. The molecule has 1 heterocycles. The van der Waals surface area contributed by atoms with E-state index in [0.717, 1.165) is 19.4 Å². The zero-order valence-electron chi connectivity index (χ0n) is 9.35. The van der Waals surface area contributed by atoms with E-state index >= 15 is 0 Å². The van der Waals surface area contributed by atoms with E-state index in [0.29, 0.717) is 18.7 Å². The van der Waals surface area contributed by atoms with Gasteiger partial charge in [0.1, 0.15) is 0 Å². The molecule has 1 aliphatic heterocycles. The first-order valence-electron chi connectivity index (χ1n) is 5.29. The van der Waals surface area contributed by atoms with Crippen molar-refractivity contribution in [3.05, 3.63) is 12.2 Å². The van der Waals surface area contributed by atoms with E-state index in [-0.39, 0.29) is 0 Å². The summed E-state index contributed by atoms with van der Waals surface area (Å²) in [6, 6.07) is 0.509. The van der Waals surface area contributed by atoms with Gasteiger partial charge in [-0.3, -0.25) is 4.90 Å². The fourth-order valence-electron chi connectivity index (χ4n) is 1.88. The molecule has 0 aliphatic carbocycles. The van der Waals surface area contributed by atoms with Crippen LogP contribution in [-0.2, 0) is 9.53 Å². The average Bonchev–Trinajstić information content (AvgIpc) is 2.20. The second kappa shape index (κ2) is 5.88. The molecule has 15 heavy (non-hydrogen) atoms. The Hall–Kier alpha value is -0.870. The van der Waals surface area contributed by atoms with Gasteiger partial charge in [-0.05, 0) is 19.8 Å². The highest BCUT2D eigenvalue weighted by atomic mass is 16.5. The third kappa shape index (κ3) is 4.01. The van der Waals surface area contributed by atoms with Crippen LogP contribution in [0.5, 0.6) is 0 Å². The minimum Gasteiger partial charge on any atom is -0.478 e. The van der Waals surface area contributed by atoms with Crippen LogP contribution in [0.1, 0.15) is 19.8 Å². The van der Waals surface area contributed by atoms with Crippen LogP contribution < -0.4 is 0 Å². The van der Waals surface area contributed by atoms with Crippen molar-refractivity contribution >= 4 is 5.97 Å². The van der Waals surface area contributed by atoms with Crippen molar-refractivity contribution in [1.29, 1.82) is 0 Å². The van der Waals surface area contributed by atoms with Gasteiger partial charge in [-0.1, -0.05) is 6.08 Å². The minimum atomic E-state index is -0.886. The molecule has 0 amide bonds. The smallest absolute Gasteiger partial charge is 0.328 e. The Morgan fingerprint density at radius 1 is 1.60 bits per heavy atom. The van der Waals surface area contributed by atoms with E-state index in [1.807, 2.05) is 0 Å². The van der Waals surface area contributed by atoms with E-state index in [2.05, 4.69) is 11.8 Å². The maximum atomic E-state index is 10.3. The van der Waals surface area contributed by atoms with Crippen molar-refractivity contribution in [3.8, 4) is 0 Å². The first-order chi connectivity index (χ1) is 7.13. The molecule has 0 aromatic rings. The summed E-state index contributed by atoms with van der Waals surface area (Å²) in [5, 5.41) is 8.48. The molecule has 1 saturated heterocycles. The largest absolute Gasteiger partial charge is 0.478 e. The van der Waals surface area contributed by atoms with Gasteiger partial charge in [-0.25, -0.2) is 4.79 Å². The summed E-state index contributed by atoms with van der Waals surface area (Å²) < 4.78 is 5.32. The molecule has 2 atom stereocenters. The van der Waals surface area contributed by atoms with Crippen molar-refractivity contribution in [2.45, 2.75) is 31.9 Å². The maximum Gasteiger partial charge on any atom is 0.328 e. The van der Waals surface area contributed by atoms with Crippen LogP contribution in [0, 0.1) is 0 Å². The van der Waals surface area contributed by atoms with Crippen molar-refractivity contribution < 1.29 is 14.6 Å². The Bertz CT molecular complexity index is 240. The van der Waals surface area contributed by atoms with E-state index in [1.54, 1.807) is 13.2 Å². The lowest BCUT2D eigenvalue weighted by atomic mass is 10.0. The molecule has 0 spiro atoms. The lowest BCUT2D eigenvalue weighted by Crippen LogP contribution is -2.44. The third-order valence-corrected chi connectivity index (χ3v) is 2.90. The number of rotatable bonds is 4. The summed E-state index contributed by atoms with van der Waals surface area (Å²) in [6.45, 7) is 3.75. The second-order valence-electron chi connectivity index (χ2n) is 3.98. The fourth-order valence-corrected chi connectivity index (χ4v) is 1.88. The predicted molar refractivity (Wildman–Crippen MR) is 57.8 cm³/mol. The first kappa shape index (κ1) is 12.2. The van der Waals surface area contributed by atoms with Gasteiger partial charge >= 0.3 is 5.97 Å². The SMILES string of the molecule is COC1CCC(C)N(CC=CC(=O)O)C1. The highest BCUT2D eigenvalue weighted by Crippen LogP contribution is 2.18. The molecule has 0 aromatic heterocycles. The standard InChI is InChI=1S/C11H19NO3/c1-9-5-6-10(15-2)8-12(9)7-3-4-11(13)14/h3-4,9-10H,5-8H2,1-2H3,(H,13,14). The van der Waals surface area contributed by atoms with Gasteiger partial charge < -0.3 is 9.84 Å². The van der Waals surface area contributed by atoms with Crippen molar-refractivity contribution in [2.24, 2.45) is 0 Å². The van der Waals surface area contributed by atoms with Crippen LogP contribution in [-0.4, -0.2) is 48.3 Å². The quantitative estimate of drug-likeness (QED) is 0.711. The van der Waals surface area contributed by atoms with Gasteiger partial charge in [-0.2, -0.15) is 0 Å². The molecule has 0 radical (unpaired) electrons. The molecule has 4 heteroatoms. The van der Waals surface area contributed by atoms with E-state index in [9.17, 15) is 4.79 Å². The normalized spacial score (nSPS) is 28.4. The Labute approximate surface area is 90.5 Å². The number of carboxylic acid groups (broad SMARTS) is 1. The number of methoxy groups -OCH3 is 1. The molecule has 2 unspecified atom stereocenters. The van der Waals surface area contributed by atoms with Gasteiger partial charge in [0.15, 0.2) is 0 Å². The third-order valence-electron chi connectivity index (χ3n) is 2.90. The van der Waals surface area contributed by atoms with Crippen LogP contribution >= 0.6 is 0 Å². The van der Waals surface area contributed by atoms with E-state index < -0.39 is 5.97 Å². The van der Waals surface area contributed by atoms with Gasteiger partial charge in [0.2, 0.25) is 0 Å². The number of ether oxygens (including phenoxy) is 1. The second-order valence-corrected chi connectivity index (χ2v) is 3.98. The van der Waals surface area contributed by atoms with E-state index in [4.69, 9.17) is 9.84 Å². The molecule has 0 aromatic carbocycles. The first-order valence-corrected chi connectivity index (χ1v) is 5.29. The van der Waals surface area contributed by atoms with Gasteiger partial charge in [0, 0.05) is 32.3 Å². The summed E-state index contributed by atoms with van der Waals surface area (Å²) in [5.41, 5.74) is 0. The van der Waals surface area contributed by atoms with Crippen LogP contribution in [0.25, 0.3) is 0 Å². The number of carboxylic acids is 1. The molecule has 4 nitrogen and oxygen atoms in total. The van der Waals surface area contributed by atoms with Crippen molar-refractivity contribution in [1.82, 2.24) is 4.90 Å². The molecule has 1 N–H and O–H groups in total. The van der Waals surface area contributed by atoms with Crippen LogP contribution in [0.3, 0.4) is 0 Å². The molecule has 1 aliphatic rings. The number of carbonyl (C=O) groups is 1. The molecule has 0 saturated carbocycles. The van der Waals surface area contributed by atoms with Crippen LogP contribution in [0.4, 0.5) is 0 Å². The number of hydrogen-bond acceptors (Lipinski definition) is 3. The topological polar surface area (TPSA) is 49.8 Å². The molecular formula is C11H19NO3. The van der Waals surface area contributed by atoms with Crippen molar-refractivity contribution in [2.75, 3.05) is 20.2 Å².